The number of anilines is 3. The zero-order valence-electron chi connectivity index (χ0n) is 15.9. The number of aliphatic hydroxyl groups is 1. The lowest BCUT2D eigenvalue weighted by Crippen LogP contribution is -2.15. The van der Waals surface area contributed by atoms with Crippen LogP contribution in [0.4, 0.5) is 26.0 Å². The molecule has 1 aromatic heterocycles. The van der Waals surface area contributed by atoms with Gasteiger partial charge in [-0.15, -0.1) is 0 Å². The van der Waals surface area contributed by atoms with Crippen LogP contribution in [0.15, 0.2) is 54.7 Å². The molecule has 0 radical (unpaired) electrons. The van der Waals surface area contributed by atoms with E-state index in [-0.39, 0.29) is 25.3 Å². The summed E-state index contributed by atoms with van der Waals surface area (Å²) in [5.41, 5.74) is 6.99. The number of rotatable bonds is 9. The second-order valence-electron chi connectivity index (χ2n) is 6.33. The minimum Gasteiger partial charge on any atom is -0.491 e. The van der Waals surface area contributed by atoms with Gasteiger partial charge in [0.05, 0.1) is 17.9 Å². The zero-order chi connectivity index (χ0) is 21.5. The van der Waals surface area contributed by atoms with E-state index in [0.717, 1.165) is 6.07 Å². The molecule has 5 N–H and O–H groups in total. The van der Waals surface area contributed by atoms with Gasteiger partial charge in [0, 0.05) is 30.6 Å². The van der Waals surface area contributed by atoms with Crippen LogP contribution in [0.3, 0.4) is 0 Å². The number of aliphatic hydroxyl groups excluding tert-OH is 1. The maximum Gasteiger partial charge on any atom is 0.252 e. The number of carbonyl (C=O) groups is 1. The number of carbonyl (C=O) groups excluding carboxylic acids is 1. The fraction of sp³-hybridized carbons (Fsp3) is 0.143. The van der Waals surface area contributed by atoms with E-state index < -0.39 is 17.5 Å². The number of aromatic nitrogens is 1. The van der Waals surface area contributed by atoms with Crippen LogP contribution in [0.2, 0.25) is 0 Å². The third-order valence-electron chi connectivity index (χ3n) is 4.06. The molecule has 0 atom stereocenters. The maximum absolute atomic E-state index is 13.4. The van der Waals surface area contributed by atoms with Crippen molar-refractivity contribution >= 4 is 23.1 Å². The van der Waals surface area contributed by atoms with Gasteiger partial charge in [-0.05, 0) is 42.0 Å². The van der Waals surface area contributed by atoms with Crippen LogP contribution in [-0.2, 0) is 6.54 Å². The van der Waals surface area contributed by atoms with Crippen LogP contribution in [-0.4, -0.2) is 29.2 Å². The molecule has 0 aliphatic rings. The number of nitrogens with zero attached hydrogens (tertiary/aromatic N) is 1. The van der Waals surface area contributed by atoms with Gasteiger partial charge in [0.15, 0.2) is 0 Å². The van der Waals surface area contributed by atoms with Crippen molar-refractivity contribution in [2.75, 3.05) is 23.8 Å². The fourth-order valence-corrected chi connectivity index (χ4v) is 2.72. The lowest BCUT2D eigenvalue weighted by Gasteiger charge is -2.13. The van der Waals surface area contributed by atoms with Crippen LogP contribution < -0.4 is 21.1 Å². The van der Waals surface area contributed by atoms with E-state index in [1.54, 1.807) is 30.3 Å². The standard InChI is InChI=1S/C21H20F2N4O3/c22-14-7-13(8-15(23)9-14)11-25-19-10-20(26-12-18(19)21(24)29)27-16-1-3-17(4-2-16)30-6-5-28/h1-4,7-10,12,28H,5-6,11H2,(H2,24,29)(H2,25,26,27). The first-order chi connectivity index (χ1) is 14.4. The quantitative estimate of drug-likeness (QED) is 0.428. The molecule has 0 aliphatic heterocycles. The van der Waals surface area contributed by atoms with Crippen LogP contribution in [0, 0.1) is 11.6 Å². The summed E-state index contributed by atoms with van der Waals surface area (Å²) in [7, 11) is 0. The molecule has 0 aliphatic carbocycles. The molecular formula is C21H20F2N4O3. The van der Waals surface area contributed by atoms with E-state index in [1.165, 1.54) is 18.3 Å². The van der Waals surface area contributed by atoms with Crippen molar-refractivity contribution in [1.29, 1.82) is 0 Å². The molecule has 9 heteroatoms. The molecule has 156 valence electrons. The Morgan fingerprint density at radius 3 is 2.43 bits per heavy atom. The van der Waals surface area contributed by atoms with Crippen molar-refractivity contribution in [1.82, 2.24) is 4.98 Å². The first kappa shape index (κ1) is 21.0. The Bertz CT molecular complexity index is 1010. The van der Waals surface area contributed by atoms with Gasteiger partial charge in [-0.2, -0.15) is 0 Å². The average Bonchev–Trinajstić information content (AvgIpc) is 2.71. The molecule has 0 saturated carbocycles. The number of nitrogens with one attached hydrogen (secondary N) is 2. The molecular weight excluding hydrogens is 394 g/mol. The third-order valence-corrected chi connectivity index (χ3v) is 4.06. The monoisotopic (exact) mass is 414 g/mol. The number of primary amides is 1. The van der Waals surface area contributed by atoms with E-state index in [1.807, 2.05) is 0 Å². The number of ether oxygens (including phenoxy) is 1. The number of nitrogens with two attached hydrogens (primary N) is 1. The summed E-state index contributed by atoms with van der Waals surface area (Å²) < 4.78 is 32.1. The number of benzene rings is 2. The van der Waals surface area contributed by atoms with Crippen LogP contribution in [0.25, 0.3) is 0 Å². The Morgan fingerprint density at radius 2 is 1.80 bits per heavy atom. The minimum absolute atomic E-state index is 0.0752. The molecule has 7 nitrogen and oxygen atoms in total. The highest BCUT2D eigenvalue weighted by Crippen LogP contribution is 2.24. The van der Waals surface area contributed by atoms with E-state index >= 15 is 0 Å². The summed E-state index contributed by atoms with van der Waals surface area (Å²) in [5, 5.41) is 14.8. The average molecular weight is 414 g/mol. The van der Waals surface area contributed by atoms with Crippen molar-refractivity contribution in [3.05, 3.63) is 77.5 Å². The normalized spacial score (nSPS) is 10.5. The van der Waals surface area contributed by atoms with Gasteiger partial charge in [0.1, 0.15) is 29.8 Å². The lowest BCUT2D eigenvalue weighted by atomic mass is 10.1. The molecule has 3 aromatic rings. The van der Waals surface area contributed by atoms with Crippen molar-refractivity contribution < 1.29 is 23.4 Å². The summed E-state index contributed by atoms with van der Waals surface area (Å²) in [6.45, 7) is 0.205. The highest BCUT2D eigenvalue weighted by molar-refractivity contribution is 5.98. The Morgan fingerprint density at radius 1 is 1.10 bits per heavy atom. The molecule has 1 amide bonds. The largest absolute Gasteiger partial charge is 0.491 e. The Hall–Kier alpha value is -3.72. The molecule has 3 rings (SSSR count). The molecule has 2 aromatic carbocycles. The Kier molecular flexibility index (Phi) is 6.76. The predicted octanol–water partition coefficient (Wildman–Crippen LogP) is 3.19. The number of hydrogen-bond acceptors (Lipinski definition) is 6. The smallest absolute Gasteiger partial charge is 0.252 e. The summed E-state index contributed by atoms with van der Waals surface area (Å²) in [6, 6.07) is 11.7. The van der Waals surface area contributed by atoms with E-state index in [0.29, 0.717) is 28.5 Å². The van der Waals surface area contributed by atoms with Crippen molar-refractivity contribution in [2.24, 2.45) is 5.73 Å². The van der Waals surface area contributed by atoms with Crippen molar-refractivity contribution in [3.8, 4) is 5.75 Å². The van der Waals surface area contributed by atoms with Crippen LogP contribution in [0.5, 0.6) is 5.75 Å². The van der Waals surface area contributed by atoms with Gasteiger partial charge in [0.2, 0.25) is 0 Å². The zero-order valence-corrected chi connectivity index (χ0v) is 15.9. The van der Waals surface area contributed by atoms with Crippen LogP contribution in [0.1, 0.15) is 15.9 Å². The molecule has 0 spiro atoms. The molecule has 0 unspecified atom stereocenters. The number of hydrogen-bond donors (Lipinski definition) is 4. The number of pyridine rings is 1. The van der Waals surface area contributed by atoms with Gasteiger partial charge < -0.3 is 26.2 Å². The highest BCUT2D eigenvalue weighted by Gasteiger charge is 2.11. The topological polar surface area (TPSA) is 110 Å². The van der Waals surface area contributed by atoms with E-state index in [4.69, 9.17) is 15.6 Å². The SMILES string of the molecule is NC(=O)c1cnc(Nc2ccc(OCCO)cc2)cc1NCc1cc(F)cc(F)c1. The first-order valence-corrected chi connectivity index (χ1v) is 9.04. The van der Waals surface area contributed by atoms with Crippen molar-refractivity contribution in [2.45, 2.75) is 6.54 Å². The van der Waals surface area contributed by atoms with E-state index in [9.17, 15) is 13.6 Å². The van der Waals surface area contributed by atoms with Gasteiger partial charge in [-0.25, -0.2) is 13.8 Å². The summed E-state index contributed by atoms with van der Waals surface area (Å²) in [5.74, 6) is -1.03. The van der Waals surface area contributed by atoms with Gasteiger partial charge >= 0.3 is 0 Å². The maximum atomic E-state index is 13.4. The summed E-state index contributed by atoms with van der Waals surface area (Å²) >= 11 is 0. The predicted molar refractivity (Wildman–Crippen MR) is 109 cm³/mol. The number of amides is 1. The molecule has 30 heavy (non-hydrogen) atoms. The highest BCUT2D eigenvalue weighted by atomic mass is 19.1. The first-order valence-electron chi connectivity index (χ1n) is 9.04. The number of halogens is 2. The van der Waals surface area contributed by atoms with Gasteiger partial charge in [0.25, 0.3) is 5.91 Å². The second kappa shape index (κ2) is 9.66. The second-order valence-corrected chi connectivity index (χ2v) is 6.33. The molecule has 0 bridgehead atoms. The molecule has 1 heterocycles. The summed E-state index contributed by atoms with van der Waals surface area (Å²) in [6.07, 6.45) is 1.32. The van der Waals surface area contributed by atoms with E-state index in [2.05, 4.69) is 15.6 Å². The molecule has 0 saturated heterocycles. The van der Waals surface area contributed by atoms with Crippen LogP contribution >= 0.6 is 0 Å². The van der Waals surface area contributed by atoms with Crippen molar-refractivity contribution in [3.63, 3.8) is 0 Å². The summed E-state index contributed by atoms with van der Waals surface area (Å²) in [4.78, 5) is 15.9. The van der Waals surface area contributed by atoms with Gasteiger partial charge in [-0.3, -0.25) is 4.79 Å². The Balaban J connectivity index is 1.76. The fourth-order valence-electron chi connectivity index (χ4n) is 2.72. The van der Waals surface area contributed by atoms with Gasteiger partial charge in [-0.1, -0.05) is 0 Å². The minimum atomic E-state index is -0.689. The Labute approximate surface area is 171 Å². The molecule has 0 fully saturated rings. The lowest BCUT2D eigenvalue weighted by molar-refractivity contribution is 0.100. The third kappa shape index (κ3) is 5.65.